The fraction of sp³-hybridized carbons (Fsp3) is 0.273. The molecule has 8 heteroatoms. The van der Waals surface area contributed by atoms with E-state index < -0.39 is 6.10 Å². The third-order valence-corrected chi connectivity index (χ3v) is 6.15. The molecule has 6 nitrogen and oxygen atoms in total. The van der Waals surface area contributed by atoms with Crippen LogP contribution in [0.5, 0.6) is 5.75 Å². The van der Waals surface area contributed by atoms with E-state index in [2.05, 4.69) is 31.1 Å². The highest BCUT2D eigenvalue weighted by Crippen LogP contribution is 2.30. The molecule has 0 radical (unpaired) electrons. The van der Waals surface area contributed by atoms with Crippen molar-refractivity contribution >= 4 is 38.3 Å². The number of halogens is 1. The molecule has 0 saturated carbocycles. The number of hydrogen-bond acceptors (Lipinski definition) is 6. The number of benzene rings is 2. The summed E-state index contributed by atoms with van der Waals surface area (Å²) < 4.78 is 12.3. The van der Waals surface area contributed by atoms with Gasteiger partial charge >= 0.3 is 0 Å². The molecule has 30 heavy (non-hydrogen) atoms. The molecule has 1 atom stereocenters. The molecule has 1 fully saturated rings. The van der Waals surface area contributed by atoms with Crippen molar-refractivity contribution in [2.75, 3.05) is 31.6 Å². The van der Waals surface area contributed by atoms with Crippen molar-refractivity contribution in [3.63, 3.8) is 0 Å². The first kappa shape index (κ1) is 21.0. The van der Waals surface area contributed by atoms with Crippen molar-refractivity contribution < 1.29 is 14.3 Å². The van der Waals surface area contributed by atoms with Gasteiger partial charge in [-0.25, -0.2) is 4.98 Å². The highest BCUT2D eigenvalue weighted by Gasteiger charge is 2.24. The van der Waals surface area contributed by atoms with E-state index >= 15 is 0 Å². The Bertz CT molecular complexity index is 977. The SMILES string of the molecule is O=C(Nc1nc(CN2CCOCC2)cs1)C(Oc1ccccc1Br)c1ccccc1. The molecule has 0 bridgehead atoms. The maximum absolute atomic E-state index is 13.1. The third kappa shape index (κ3) is 5.46. The highest BCUT2D eigenvalue weighted by atomic mass is 79.9. The van der Waals surface area contributed by atoms with E-state index in [1.165, 1.54) is 11.3 Å². The quantitative estimate of drug-likeness (QED) is 0.531. The van der Waals surface area contributed by atoms with E-state index in [0.29, 0.717) is 10.9 Å². The predicted molar refractivity (Wildman–Crippen MR) is 121 cm³/mol. The molecular weight excluding hydrogens is 466 g/mol. The standard InChI is InChI=1S/C22H22BrN3O3S/c23-18-8-4-5-9-19(18)29-20(16-6-2-1-3-7-16)21(27)25-22-24-17(15-30-22)14-26-10-12-28-13-11-26/h1-9,15,20H,10-14H2,(H,24,25,27). The van der Waals surface area contributed by atoms with Crippen LogP contribution in [0.2, 0.25) is 0 Å². The smallest absolute Gasteiger partial charge is 0.271 e. The fourth-order valence-corrected chi connectivity index (χ4v) is 4.25. The zero-order valence-electron chi connectivity index (χ0n) is 16.3. The minimum Gasteiger partial charge on any atom is -0.475 e. The Kier molecular flexibility index (Phi) is 7.11. The Balaban J connectivity index is 1.47. The Hall–Kier alpha value is -2.26. The zero-order valence-corrected chi connectivity index (χ0v) is 18.7. The van der Waals surface area contributed by atoms with Crippen molar-refractivity contribution in [1.82, 2.24) is 9.88 Å². The summed E-state index contributed by atoms with van der Waals surface area (Å²) in [6.45, 7) is 4.05. The average Bonchev–Trinajstić information content (AvgIpc) is 3.21. The molecule has 3 aromatic rings. The van der Waals surface area contributed by atoms with Crippen LogP contribution in [0.3, 0.4) is 0 Å². The van der Waals surface area contributed by atoms with Crippen LogP contribution in [-0.2, 0) is 16.1 Å². The summed E-state index contributed by atoms with van der Waals surface area (Å²) in [5, 5.41) is 5.48. The minimum absolute atomic E-state index is 0.260. The predicted octanol–water partition coefficient (Wildman–Crippen LogP) is 4.50. The average molecular weight is 488 g/mol. The largest absolute Gasteiger partial charge is 0.475 e. The van der Waals surface area contributed by atoms with E-state index in [4.69, 9.17) is 9.47 Å². The second kappa shape index (κ2) is 10.2. The lowest BCUT2D eigenvalue weighted by Gasteiger charge is -2.25. The molecule has 2 aromatic carbocycles. The summed E-state index contributed by atoms with van der Waals surface area (Å²) in [6, 6.07) is 16.9. The molecule has 1 N–H and O–H groups in total. The van der Waals surface area contributed by atoms with Gasteiger partial charge in [0.1, 0.15) is 5.75 Å². The number of aromatic nitrogens is 1. The second-order valence-corrected chi connectivity index (χ2v) is 8.57. The zero-order chi connectivity index (χ0) is 20.8. The number of amides is 1. The monoisotopic (exact) mass is 487 g/mol. The number of carbonyl (C=O) groups excluding carboxylic acids is 1. The van der Waals surface area contributed by atoms with Crippen LogP contribution in [0.25, 0.3) is 0 Å². The summed E-state index contributed by atoms with van der Waals surface area (Å²) in [7, 11) is 0. The van der Waals surface area contributed by atoms with E-state index in [1.807, 2.05) is 60.0 Å². The Morgan fingerprint density at radius 1 is 1.17 bits per heavy atom. The van der Waals surface area contributed by atoms with Gasteiger partial charge in [-0.05, 0) is 28.1 Å². The van der Waals surface area contributed by atoms with Gasteiger partial charge in [0, 0.05) is 30.6 Å². The molecule has 0 aliphatic carbocycles. The number of anilines is 1. The van der Waals surface area contributed by atoms with Crippen molar-refractivity contribution in [2.24, 2.45) is 0 Å². The number of nitrogens with one attached hydrogen (secondary N) is 1. The first-order valence-corrected chi connectivity index (χ1v) is 11.4. The summed E-state index contributed by atoms with van der Waals surface area (Å²) in [5.41, 5.74) is 1.72. The van der Waals surface area contributed by atoms with Crippen LogP contribution in [-0.4, -0.2) is 42.1 Å². The molecule has 1 aliphatic rings. The molecule has 2 heterocycles. The maximum Gasteiger partial charge on any atom is 0.271 e. The lowest BCUT2D eigenvalue weighted by molar-refractivity contribution is -0.123. The first-order chi connectivity index (χ1) is 14.7. The van der Waals surface area contributed by atoms with Gasteiger partial charge in [0.05, 0.1) is 23.4 Å². The second-order valence-electron chi connectivity index (χ2n) is 6.86. The maximum atomic E-state index is 13.1. The van der Waals surface area contributed by atoms with E-state index in [9.17, 15) is 4.79 Å². The summed E-state index contributed by atoms with van der Waals surface area (Å²) in [4.78, 5) is 20.0. The number of para-hydroxylation sites is 1. The van der Waals surface area contributed by atoms with Crippen LogP contribution in [0.4, 0.5) is 5.13 Å². The first-order valence-electron chi connectivity index (χ1n) is 9.70. The number of nitrogens with zero attached hydrogens (tertiary/aromatic N) is 2. The summed E-state index contributed by atoms with van der Waals surface area (Å²) in [6.07, 6.45) is -0.795. The number of ether oxygens (including phenoxy) is 2. The van der Waals surface area contributed by atoms with E-state index in [1.54, 1.807) is 0 Å². The highest BCUT2D eigenvalue weighted by molar-refractivity contribution is 9.10. The number of thiazole rings is 1. The molecule has 156 valence electrons. The number of hydrogen-bond donors (Lipinski definition) is 1. The number of carbonyl (C=O) groups is 1. The van der Waals surface area contributed by atoms with Crippen molar-refractivity contribution in [3.05, 3.63) is 75.7 Å². The van der Waals surface area contributed by atoms with Gasteiger partial charge in [-0.15, -0.1) is 11.3 Å². The van der Waals surface area contributed by atoms with Crippen molar-refractivity contribution in [2.45, 2.75) is 12.6 Å². The van der Waals surface area contributed by atoms with Crippen molar-refractivity contribution in [1.29, 1.82) is 0 Å². The van der Waals surface area contributed by atoms with Gasteiger partial charge in [0.15, 0.2) is 5.13 Å². The van der Waals surface area contributed by atoms with Gasteiger partial charge in [-0.1, -0.05) is 42.5 Å². The third-order valence-electron chi connectivity index (χ3n) is 4.69. The Morgan fingerprint density at radius 3 is 2.67 bits per heavy atom. The van der Waals surface area contributed by atoms with E-state index in [-0.39, 0.29) is 5.91 Å². The molecule has 4 rings (SSSR count). The van der Waals surface area contributed by atoms with Crippen LogP contribution < -0.4 is 10.1 Å². The van der Waals surface area contributed by atoms with Gasteiger partial charge < -0.3 is 9.47 Å². The molecule has 0 spiro atoms. The lowest BCUT2D eigenvalue weighted by Crippen LogP contribution is -2.35. The molecule has 1 amide bonds. The van der Waals surface area contributed by atoms with Crippen molar-refractivity contribution in [3.8, 4) is 5.75 Å². The summed E-state index contributed by atoms with van der Waals surface area (Å²) in [5.74, 6) is 0.345. The molecular formula is C22H22BrN3O3S. The normalized spacial score (nSPS) is 15.5. The van der Waals surface area contributed by atoms with Gasteiger partial charge in [-0.2, -0.15) is 0 Å². The van der Waals surface area contributed by atoms with Gasteiger partial charge in [-0.3, -0.25) is 15.0 Å². The molecule has 1 aliphatic heterocycles. The number of rotatable bonds is 7. The van der Waals surface area contributed by atoms with Gasteiger partial charge in [0.25, 0.3) is 5.91 Å². The molecule has 1 aromatic heterocycles. The van der Waals surface area contributed by atoms with Crippen LogP contribution in [0.1, 0.15) is 17.4 Å². The summed E-state index contributed by atoms with van der Waals surface area (Å²) >= 11 is 4.91. The van der Waals surface area contributed by atoms with Crippen LogP contribution in [0, 0.1) is 0 Å². The lowest BCUT2D eigenvalue weighted by atomic mass is 10.1. The Morgan fingerprint density at radius 2 is 1.90 bits per heavy atom. The number of morpholine rings is 1. The topological polar surface area (TPSA) is 63.7 Å². The minimum atomic E-state index is -0.795. The molecule has 1 unspecified atom stereocenters. The van der Waals surface area contributed by atoms with Gasteiger partial charge in [0.2, 0.25) is 6.10 Å². The Labute approximate surface area is 188 Å². The van der Waals surface area contributed by atoms with Crippen LogP contribution >= 0.6 is 27.3 Å². The van der Waals surface area contributed by atoms with E-state index in [0.717, 1.165) is 48.6 Å². The van der Waals surface area contributed by atoms with Crippen LogP contribution in [0.15, 0.2) is 64.5 Å². The molecule has 1 saturated heterocycles. The fourth-order valence-electron chi connectivity index (χ4n) is 3.16.